The van der Waals surface area contributed by atoms with Gasteiger partial charge in [0, 0.05) is 24.5 Å². The molecule has 10 nitrogen and oxygen atoms in total. The zero-order valence-corrected chi connectivity index (χ0v) is 15.9. The number of phenolic OH excluding ortho intramolecular Hbond substituents is 1. The highest BCUT2D eigenvalue weighted by Gasteiger charge is 2.37. The number of phenols is 1. The number of aromatic nitrogens is 2. The molecule has 0 spiro atoms. The number of carbonyl (C=O) groups excluding carboxylic acids is 1. The molecule has 1 fully saturated rings. The van der Waals surface area contributed by atoms with Crippen molar-refractivity contribution in [1.82, 2.24) is 14.7 Å². The van der Waals surface area contributed by atoms with Gasteiger partial charge in [0.15, 0.2) is 5.82 Å². The second-order valence-corrected chi connectivity index (χ2v) is 8.12. The summed E-state index contributed by atoms with van der Waals surface area (Å²) < 4.78 is 40.5. The van der Waals surface area contributed by atoms with Crippen LogP contribution in [0.25, 0.3) is 0 Å². The molecule has 28 heavy (non-hydrogen) atoms. The summed E-state index contributed by atoms with van der Waals surface area (Å²) in [7, 11) is -4.24. The number of benzene rings is 1. The molecular formula is C16H19FN6O4S. The van der Waals surface area contributed by atoms with E-state index in [1.807, 2.05) is 13.8 Å². The molecular weight excluding hydrogens is 391 g/mol. The van der Waals surface area contributed by atoms with Crippen LogP contribution in [0, 0.1) is 11.7 Å². The molecule has 3 rings (SSSR count). The van der Waals surface area contributed by atoms with Gasteiger partial charge in [0.2, 0.25) is 5.95 Å². The van der Waals surface area contributed by atoms with Crippen molar-refractivity contribution >= 4 is 39.3 Å². The van der Waals surface area contributed by atoms with Gasteiger partial charge >= 0.3 is 10.2 Å². The molecule has 1 aromatic heterocycles. The van der Waals surface area contributed by atoms with Crippen LogP contribution in [-0.2, 0) is 15.0 Å². The van der Waals surface area contributed by atoms with E-state index in [0.29, 0.717) is 22.6 Å². The zero-order chi connectivity index (χ0) is 20.5. The minimum atomic E-state index is -4.24. The van der Waals surface area contributed by atoms with Crippen molar-refractivity contribution in [3.63, 3.8) is 0 Å². The predicted octanol–water partition coefficient (Wildman–Crippen LogP) is 1.31. The summed E-state index contributed by atoms with van der Waals surface area (Å²) in [6.07, 6.45) is 1.51. The lowest BCUT2D eigenvalue weighted by Crippen LogP contribution is -2.30. The van der Waals surface area contributed by atoms with Gasteiger partial charge in [-0.05, 0) is 18.1 Å². The summed E-state index contributed by atoms with van der Waals surface area (Å²) in [5.74, 6) is -1.37. The third kappa shape index (κ3) is 4.22. The van der Waals surface area contributed by atoms with E-state index in [9.17, 15) is 22.7 Å². The van der Waals surface area contributed by atoms with Crippen LogP contribution in [0.1, 0.15) is 13.8 Å². The second kappa shape index (κ2) is 7.46. The highest BCUT2D eigenvalue weighted by molar-refractivity contribution is 7.92. The van der Waals surface area contributed by atoms with Crippen molar-refractivity contribution in [2.45, 2.75) is 13.8 Å². The maximum Gasteiger partial charge on any atom is 0.326 e. The molecule has 0 aliphatic carbocycles. The number of nitrogens with one attached hydrogen (secondary N) is 3. The summed E-state index contributed by atoms with van der Waals surface area (Å²) in [4.78, 5) is 19.6. The van der Waals surface area contributed by atoms with Crippen molar-refractivity contribution in [3.8, 4) is 5.75 Å². The van der Waals surface area contributed by atoms with Crippen LogP contribution in [0.15, 0.2) is 24.4 Å². The Kier molecular flexibility index (Phi) is 5.23. The molecule has 0 bridgehead atoms. The topological polar surface area (TPSA) is 137 Å². The largest absolute Gasteiger partial charge is 0.506 e. The number of nitrogens with zero attached hydrogens (tertiary/aromatic N) is 3. The first kappa shape index (κ1) is 19.6. The first-order chi connectivity index (χ1) is 13.2. The van der Waals surface area contributed by atoms with Crippen LogP contribution in [-0.4, -0.2) is 42.5 Å². The van der Waals surface area contributed by atoms with E-state index in [1.165, 1.54) is 6.20 Å². The molecule has 1 amide bonds. The summed E-state index contributed by atoms with van der Waals surface area (Å²) in [6, 6.07) is 3.77. The van der Waals surface area contributed by atoms with E-state index in [4.69, 9.17) is 0 Å². The van der Waals surface area contributed by atoms with Crippen LogP contribution in [0.2, 0.25) is 0 Å². The second-order valence-electron chi connectivity index (χ2n) is 6.53. The van der Waals surface area contributed by atoms with Crippen LogP contribution in [0.5, 0.6) is 5.75 Å². The van der Waals surface area contributed by atoms with Gasteiger partial charge in [0.25, 0.3) is 5.91 Å². The van der Waals surface area contributed by atoms with Crippen LogP contribution in [0.3, 0.4) is 0 Å². The summed E-state index contributed by atoms with van der Waals surface area (Å²) in [5.41, 5.74) is -0.507. The van der Waals surface area contributed by atoms with Crippen molar-refractivity contribution in [2.75, 3.05) is 28.0 Å². The monoisotopic (exact) mass is 410 g/mol. The van der Waals surface area contributed by atoms with Gasteiger partial charge in [-0.3, -0.25) is 4.79 Å². The average Bonchev–Trinajstić information content (AvgIpc) is 2.85. The Hall–Kier alpha value is -3.15. The number of halogens is 1. The Balaban J connectivity index is 1.84. The van der Waals surface area contributed by atoms with Gasteiger partial charge < -0.3 is 15.7 Å². The predicted molar refractivity (Wildman–Crippen MR) is 101 cm³/mol. The molecule has 0 saturated carbocycles. The first-order valence-corrected chi connectivity index (χ1v) is 9.79. The molecule has 1 saturated heterocycles. The number of hydrogen-bond acceptors (Lipinski definition) is 8. The van der Waals surface area contributed by atoms with Gasteiger partial charge in [-0.2, -0.15) is 13.4 Å². The van der Waals surface area contributed by atoms with Crippen molar-refractivity contribution in [1.29, 1.82) is 0 Å². The normalized spacial score (nSPS) is 15.6. The van der Waals surface area contributed by atoms with Gasteiger partial charge in [-0.15, -0.1) is 0 Å². The summed E-state index contributed by atoms with van der Waals surface area (Å²) >= 11 is 0. The SMILES string of the molecule is CC(C)CNc1ccnc(Nc2cc(O)c(N3CC(=O)NS3(=O)=O)c(F)c2)n1. The maximum atomic E-state index is 14.5. The summed E-state index contributed by atoms with van der Waals surface area (Å²) in [6.45, 7) is 4.18. The highest BCUT2D eigenvalue weighted by atomic mass is 32.2. The summed E-state index contributed by atoms with van der Waals surface area (Å²) in [5, 5.41) is 16.0. The first-order valence-electron chi connectivity index (χ1n) is 8.35. The van der Waals surface area contributed by atoms with Crippen LogP contribution >= 0.6 is 0 Å². The smallest absolute Gasteiger partial charge is 0.326 e. The van der Waals surface area contributed by atoms with Gasteiger partial charge in [0.05, 0.1) is 0 Å². The molecule has 1 aliphatic heterocycles. The quantitative estimate of drug-likeness (QED) is 0.560. The molecule has 4 N–H and O–H groups in total. The fourth-order valence-corrected chi connectivity index (χ4v) is 3.68. The Morgan fingerprint density at radius 1 is 1.39 bits per heavy atom. The fourth-order valence-electron chi connectivity index (χ4n) is 2.50. The van der Waals surface area contributed by atoms with Gasteiger partial charge in [-0.25, -0.2) is 18.4 Å². The number of aromatic hydroxyl groups is 1. The maximum absolute atomic E-state index is 14.5. The molecule has 1 aromatic carbocycles. The van der Waals surface area contributed by atoms with Crippen molar-refractivity contribution in [3.05, 3.63) is 30.2 Å². The number of hydrogen-bond donors (Lipinski definition) is 4. The standard InChI is InChI=1S/C16H19FN6O4S/c1-9(2)7-19-13-3-4-18-16(21-13)20-10-5-11(17)15(12(24)6-10)23-8-14(25)22-28(23,26)27/h3-6,9,24H,7-8H2,1-2H3,(H,22,25)(H2,18,19,20,21). The van der Waals surface area contributed by atoms with Crippen LogP contribution in [0.4, 0.5) is 27.5 Å². The third-order valence-electron chi connectivity index (χ3n) is 3.72. The van der Waals surface area contributed by atoms with E-state index in [0.717, 1.165) is 12.1 Å². The third-order valence-corrected chi connectivity index (χ3v) is 5.09. The average molecular weight is 410 g/mol. The Bertz CT molecular complexity index is 991. The Labute approximate surface area is 161 Å². The van der Waals surface area contributed by atoms with Gasteiger partial charge in [0.1, 0.15) is 23.8 Å². The van der Waals surface area contributed by atoms with Gasteiger partial charge in [-0.1, -0.05) is 13.8 Å². The fraction of sp³-hybridized carbons (Fsp3) is 0.312. The van der Waals surface area contributed by atoms with Crippen LogP contribution < -0.4 is 19.7 Å². The van der Waals surface area contributed by atoms with Crippen molar-refractivity contribution in [2.24, 2.45) is 5.92 Å². The molecule has 150 valence electrons. The number of carbonyl (C=O) groups is 1. The molecule has 1 aliphatic rings. The lowest BCUT2D eigenvalue weighted by atomic mass is 10.2. The molecule has 0 radical (unpaired) electrons. The highest BCUT2D eigenvalue weighted by Crippen LogP contribution is 2.36. The van der Waals surface area contributed by atoms with Crippen molar-refractivity contribution < 1.29 is 22.7 Å². The van der Waals surface area contributed by atoms with E-state index in [1.54, 1.807) is 10.8 Å². The molecule has 2 heterocycles. The molecule has 0 unspecified atom stereocenters. The number of amides is 1. The van der Waals surface area contributed by atoms with E-state index < -0.39 is 39.9 Å². The zero-order valence-electron chi connectivity index (χ0n) is 15.1. The number of anilines is 4. The van der Waals surface area contributed by atoms with E-state index >= 15 is 0 Å². The van der Waals surface area contributed by atoms with E-state index in [-0.39, 0.29) is 11.6 Å². The Morgan fingerprint density at radius 3 is 2.75 bits per heavy atom. The molecule has 2 aromatic rings. The molecule has 0 atom stereocenters. The minimum absolute atomic E-state index is 0.107. The van der Waals surface area contributed by atoms with E-state index in [2.05, 4.69) is 20.6 Å². The molecule has 12 heteroatoms. The Morgan fingerprint density at radius 2 is 2.14 bits per heavy atom. The lowest BCUT2D eigenvalue weighted by molar-refractivity contribution is -0.117. The minimum Gasteiger partial charge on any atom is -0.506 e. The lowest BCUT2D eigenvalue weighted by Gasteiger charge is -2.18. The number of rotatable bonds is 6.